The molecule has 0 saturated carbocycles. The highest BCUT2D eigenvalue weighted by Crippen LogP contribution is 2.32. The van der Waals surface area contributed by atoms with Gasteiger partial charge in [-0.05, 0) is 24.5 Å². The van der Waals surface area contributed by atoms with Crippen molar-refractivity contribution in [1.82, 2.24) is 19.7 Å². The largest absolute Gasteiger partial charge is 0.384 e. The van der Waals surface area contributed by atoms with E-state index in [1.54, 1.807) is 25.3 Å². The van der Waals surface area contributed by atoms with Gasteiger partial charge in [-0.15, -0.1) is 10.2 Å². The molecule has 1 aromatic carbocycles. The van der Waals surface area contributed by atoms with Crippen molar-refractivity contribution in [2.24, 2.45) is 0 Å². The molecule has 2 bridgehead atoms. The van der Waals surface area contributed by atoms with E-state index in [1.165, 1.54) is 6.07 Å². The number of nitrogens with zero attached hydrogens (tertiary/aromatic N) is 4. The summed E-state index contributed by atoms with van der Waals surface area (Å²) in [5.74, 6) is 1.53. The Morgan fingerprint density at radius 3 is 2.88 bits per heavy atom. The summed E-state index contributed by atoms with van der Waals surface area (Å²) in [5, 5.41) is 8.64. The molecule has 1 fully saturated rings. The molecule has 2 atom stereocenters. The molecular formula is C19H23FN4O2. The van der Waals surface area contributed by atoms with Crippen molar-refractivity contribution in [3.8, 4) is 0 Å². The number of halogens is 1. The molecule has 2 unspecified atom stereocenters. The van der Waals surface area contributed by atoms with Crippen LogP contribution in [0.3, 0.4) is 0 Å². The van der Waals surface area contributed by atoms with E-state index in [-0.39, 0.29) is 30.2 Å². The first-order valence-electron chi connectivity index (χ1n) is 9.12. The lowest BCUT2D eigenvalue weighted by Gasteiger charge is -2.28. The Kier molecular flexibility index (Phi) is 4.72. The molecule has 3 heterocycles. The number of rotatable bonds is 5. The molecule has 0 aliphatic carbocycles. The van der Waals surface area contributed by atoms with Crippen molar-refractivity contribution in [3.63, 3.8) is 0 Å². The molecule has 7 heteroatoms. The van der Waals surface area contributed by atoms with Crippen LogP contribution in [0.1, 0.15) is 30.1 Å². The van der Waals surface area contributed by atoms with Crippen LogP contribution in [0.25, 0.3) is 0 Å². The van der Waals surface area contributed by atoms with Gasteiger partial charge in [-0.3, -0.25) is 4.79 Å². The smallest absolute Gasteiger partial charge is 0.227 e. The summed E-state index contributed by atoms with van der Waals surface area (Å²) in [4.78, 5) is 14.9. The lowest BCUT2D eigenvalue weighted by Crippen LogP contribution is -2.43. The number of fused-ring (bicyclic) bond motifs is 3. The van der Waals surface area contributed by atoms with Gasteiger partial charge in [-0.25, -0.2) is 4.39 Å². The van der Waals surface area contributed by atoms with Gasteiger partial charge in [0.2, 0.25) is 5.91 Å². The number of amides is 1. The summed E-state index contributed by atoms with van der Waals surface area (Å²) in [6.07, 6.45) is 3.46. The molecule has 0 spiro atoms. The van der Waals surface area contributed by atoms with Crippen molar-refractivity contribution in [3.05, 3.63) is 47.3 Å². The van der Waals surface area contributed by atoms with Crippen LogP contribution in [0.4, 0.5) is 4.39 Å². The normalized spacial score (nSPS) is 21.5. The fourth-order valence-electron chi connectivity index (χ4n) is 4.18. The van der Waals surface area contributed by atoms with E-state index in [2.05, 4.69) is 14.8 Å². The summed E-state index contributed by atoms with van der Waals surface area (Å²) in [5.41, 5.74) is 0.460. The Bertz CT molecular complexity index is 807. The van der Waals surface area contributed by atoms with Gasteiger partial charge in [0.1, 0.15) is 17.5 Å². The fraction of sp³-hybridized carbons (Fsp3) is 0.526. The minimum atomic E-state index is -0.318. The van der Waals surface area contributed by atoms with Crippen LogP contribution in [0, 0.1) is 5.82 Å². The van der Waals surface area contributed by atoms with Gasteiger partial charge < -0.3 is 14.2 Å². The van der Waals surface area contributed by atoms with Crippen LogP contribution in [-0.4, -0.2) is 51.4 Å². The predicted molar refractivity (Wildman–Crippen MR) is 93.1 cm³/mol. The van der Waals surface area contributed by atoms with Crippen molar-refractivity contribution in [1.29, 1.82) is 0 Å². The van der Waals surface area contributed by atoms with Crippen LogP contribution in [0.5, 0.6) is 0 Å². The van der Waals surface area contributed by atoms with Gasteiger partial charge >= 0.3 is 0 Å². The molecule has 1 amide bonds. The summed E-state index contributed by atoms with van der Waals surface area (Å²) < 4.78 is 21.2. The molecule has 1 saturated heterocycles. The number of hydrogen-bond donors (Lipinski definition) is 0. The molecule has 2 aliphatic heterocycles. The number of aromatic nitrogens is 3. The first-order valence-corrected chi connectivity index (χ1v) is 9.12. The lowest BCUT2D eigenvalue weighted by molar-refractivity contribution is -0.133. The maximum absolute atomic E-state index is 13.9. The molecular weight excluding hydrogens is 335 g/mol. The molecule has 1 aromatic heterocycles. The Morgan fingerprint density at radius 2 is 2.08 bits per heavy atom. The zero-order valence-corrected chi connectivity index (χ0v) is 14.9. The van der Waals surface area contributed by atoms with Crippen molar-refractivity contribution < 1.29 is 13.9 Å². The van der Waals surface area contributed by atoms with E-state index in [0.717, 1.165) is 24.5 Å². The second kappa shape index (κ2) is 7.15. The summed E-state index contributed by atoms with van der Waals surface area (Å²) in [7, 11) is 1.67. The number of carbonyl (C=O) groups excluding carboxylic acids is 1. The van der Waals surface area contributed by atoms with Gasteiger partial charge in [0.05, 0.1) is 19.1 Å². The molecule has 2 aromatic rings. The third-order valence-electron chi connectivity index (χ3n) is 5.45. The van der Waals surface area contributed by atoms with Crippen molar-refractivity contribution in [2.75, 3.05) is 13.7 Å². The van der Waals surface area contributed by atoms with Crippen molar-refractivity contribution in [2.45, 2.75) is 50.7 Å². The fourth-order valence-corrected chi connectivity index (χ4v) is 4.18. The Labute approximate surface area is 152 Å². The molecule has 26 heavy (non-hydrogen) atoms. The van der Waals surface area contributed by atoms with E-state index in [9.17, 15) is 9.18 Å². The van der Waals surface area contributed by atoms with Crippen molar-refractivity contribution >= 4 is 5.91 Å². The molecule has 0 N–H and O–H groups in total. The van der Waals surface area contributed by atoms with Crippen LogP contribution in [-0.2, 0) is 35.3 Å². The van der Waals surface area contributed by atoms with E-state index >= 15 is 0 Å². The standard InChI is InChI=1S/C19H23FN4O2/c1-26-9-8-17-21-22-18-11-14-6-7-15(12-23(17)18)24(14)19(25)10-13-4-2-3-5-16(13)20/h2-5,14-15H,6-12H2,1H3. The molecule has 6 nitrogen and oxygen atoms in total. The number of carbonyl (C=O) groups is 1. The Balaban J connectivity index is 1.54. The molecule has 4 rings (SSSR count). The van der Waals surface area contributed by atoms with Crippen LogP contribution in [0.2, 0.25) is 0 Å². The zero-order chi connectivity index (χ0) is 18.1. The average molecular weight is 358 g/mol. The average Bonchev–Trinajstić information content (AvgIpc) is 3.14. The molecule has 2 aliphatic rings. The number of ether oxygens (including phenoxy) is 1. The second-order valence-corrected chi connectivity index (χ2v) is 7.04. The van der Waals surface area contributed by atoms with Gasteiger partial charge in [-0.2, -0.15) is 0 Å². The van der Waals surface area contributed by atoms with Crippen LogP contribution >= 0.6 is 0 Å². The first-order chi connectivity index (χ1) is 12.7. The second-order valence-electron chi connectivity index (χ2n) is 7.04. The third kappa shape index (κ3) is 3.11. The van der Waals surface area contributed by atoms with E-state index in [0.29, 0.717) is 31.6 Å². The van der Waals surface area contributed by atoms with Gasteiger partial charge in [0.25, 0.3) is 0 Å². The predicted octanol–water partition coefficient (Wildman–Crippen LogP) is 1.76. The van der Waals surface area contributed by atoms with Gasteiger partial charge in [-0.1, -0.05) is 18.2 Å². The van der Waals surface area contributed by atoms with E-state index in [1.807, 2.05) is 4.90 Å². The monoisotopic (exact) mass is 358 g/mol. The Morgan fingerprint density at radius 1 is 1.27 bits per heavy atom. The topological polar surface area (TPSA) is 60.3 Å². The quantitative estimate of drug-likeness (QED) is 0.817. The Hall–Kier alpha value is -2.28. The summed E-state index contributed by atoms with van der Waals surface area (Å²) in [6, 6.07) is 6.75. The minimum Gasteiger partial charge on any atom is -0.384 e. The highest BCUT2D eigenvalue weighted by Gasteiger charge is 2.40. The first kappa shape index (κ1) is 17.1. The maximum Gasteiger partial charge on any atom is 0.227 e. The van der Waals surface area contributed by atoms with Gasteiger partial charge in [0, 0.05) is 32.5 Å². The highest BCUT2D eigenvalue weighted by atomic mass is 19.1. The zero-order valence-electron chi connectivity index (χ0n) is 14.9. The lowest BCUT2D eigenvalue weighted by atomic mass is 10.1. The van der Waals surface area contributed by atoms with Crippen LogP contribution in [0.15, 0.2) is 24.3 Å². The molecule has 0 radical (unpaired) electrons. The van der Waals surface area contributed by atoms with Crippen LogP contribution < -0.4 is 0 Å². The summed E-state index contributed by atoms with van der Waals surface area (Å²) >= 11 is 0. The SMILES string of the molecule is COCCc1nnc2n1CC1CCC(C2)N1C(=O)Cc1ccccc1F. The van der Waals surface area contributed by atoms with E-state index < -0.39 is 0 Å². The third-order valence-corrected chi connectivity index (χ3v) is 5.45. The maximum atomic E-state index is 13.9. The number of benzene rings is 1. The molecule has 138 valence electrons. The highest BCUT2D eigenvalue weighted by molar-refractivity contribution is 5.80. The number of methoxy groups -OCH3 is 1. The van der Waals surface area contributed by atoms with E-state index in [4.69, 9.17) is 4.74 Å². The van der Waals surface area contributed by atoms with Gasteiger partial charge in [0.15, 0.2) is 0 Å². The summed E-state index contributed by atoms with van der Waals surface area (Å²) in [6.45, 7) is 1.31. The number of hydrogen-bond acceptors (Lipinski definition) is 4. The minimum absolute atomic E-state index is 0.000228.